The van der Waals surface area contributed by atoms with Gasteiger partial charge in [0.2, 0.25) is 0 Å². The summed E-state index contributed by atoms with van der Waals surface area (Å²) in [6.07, 6.45) is 0. The van der Waals surface area contributed by atoms with Gasteiger partial charge in [0.25, 0.3) is 0 Å². The lowest BCUT2D eigenvalue weighted by Gasteiger charge is -2.06. The molecule has 0 radical (unpaired) electrons. The van der Waals surface area contributed by atoms with Gasteiger partial charge in [-0.15, -0.1) is 0 Å². The van der Waals surface area contributed by atoms with Crippen LogP contribution in [0.25, 0.3) is 10.8 Å². The molecule has 3 aromatic carbocycles. The van der Waals surface area contributed by atoms with Crippen molar-refractivity contribution >= 4 is 22.5 Å². The minimum atomic E-state index is 1.29. The van der Waals surface area contributed by atoms with Gasteiger partial charge in [-0.25, -0.2) is 0 Å². The molecule has 0 aliphatic carbocycles. The lowest BCUT2D eigenvalue weighted by Crippen LogP contribution is -1.78. The molecular weight excluding hydrogens is 236 g/mol. The minimum absolute atomic E-state index is 1.29. The molecule has 0 amide bonds. The van der Waals surface area contributed by atoms with Crippen LogP contribution in [-0.4, -0.2) is 0 Å². The third-order valence-electron chi connectivity index (χ3n) is 3.00. The van der Waals surface area contributed by atoms with E-state index < -0.39 is 0 Å². The number of hydrogen-bond acceptors (Lipinski definition) is 1. The summed E-state index contributed by atoms with van der Waals surface area (Å²) in [4.78, 5) is 2.61. The van der Waals surface area contributed by atoms with Crippen molar-refractivity contribution in [1.29, 1.82) is 0 Å². The molecule has 0 bridgehead atoms. The Morgan fingerprint density at radius 2 is 1.44 bits per heavy atom. The van der Waals surface area contributed by atoms with E-state index in [-0.39, 0.29) is 0 Å². The maximum atomic E-state index is 2.19. The Morgan fingerprint density at radius 3 is 2.28 bits per heavy atom. The van der Waals surface area contributed by atoms with Crippen molar-refractivity contribution in [2.24, 2.45) is 0 Å². The zero-order valence-corrected chi connectivity index (χ0v) is 11.1. The van der Waals surface area contributed by atoms with Crippen LogP contribution < -0.4 is 0 Å². The van der Waals surface area contributed by atoms with Crippen LogP contribution >= 0.6 is 11.8 Å². The second kappa shape index (κ2) is 4.87. The predicted molar refractivity (Wildman–Crippen MR) is 79.3 cm³/mol. The number of hydrogen-bond donors (Lipinski definition) is 0. The van der Waals surface area contributed by atoms with E-state index in [9.17, 15) is 0 Å². The van der Waals surface area contributed by atoms with Gasteiger partial charge in [-0.2, -0.15) is 0 Å². The Balaban J connectivity index is 2.02. The first kappa shape index (κ1) is 11.4. The van der Waals surface area contributed by atoms with Crippen LogP contribution in [0.2, 0.25) is 0 Å². The van der Waals surface area contributed by atoms with Crippen LogP contribution in [0.1, 0.15) is 5.56 Å². The molecule has 88 valence electrons. The van der Waals surface area contributed by atoms with Gasteiger partial charge in [-0.05, 0) is 35.9 Å². The SMILES string of the molecule is Cc1ccc(Sc2cccc3ccccc23)cc1. The number of benzene rings is 3. The summed E-state index contributed by atoms with van der Waals surface area (Å²) >= 11 is 1.83. The molecule has 0 atom stereocenters. The summed E-state index contributed by atoms with van der Waals surface area (Å²) in [7, 11) is 0. The van der Waals surface area contributed by atoms with E-state index in [0.29, 0.717) is 0 Å². The lowest BCUT2D eigenvalue weighted by molar-refractivity contribution is 1.37. The molecular formula is C17H14S. The van der Waals surface area contributed by atoms with Crippen molar-refractivity contribution in [3.63, 3.8) is 0 Å². The Labute approximate surface area is 112 Å². The topological polar surface area (TPSA) is 0 Å². The average molecular weight is 250 g/mol. The highest BCUT2D eigenvalue weighted by atomic mass is 32.2. The van der Waals surface area contributed by atoms with E-state index in [1.807, 2.05) is 11.8 Å². The Bertz CT molecular complexity index is 663. The third-order valence-corrected chi connectivity index (χ3v) is 4.08. The van der Waals surface area contributed by atoms with Gasteiger partial charge in [0, 0.05) is 9.79 Å². The summed E-state index contributed by atoms with van der Waals surface area (Å²) in [5.74, 6) is 0. The normalized spacial score (nSPS) is 10.7. The van der Waals surface area contributed by atoms with Gasteiger partial charge in [-0.1, -0.05) is 65.9 Å². The summed E-state index contributed by atoms with van der Waals surface area (Å²) < 4.78 is 0. The molecule has 0 N–H and O–H groups in total. The van der Waals surface area contributed by atoms with Gasteiger partial charge >= 0.3 is 0 Å². The number of rotatable bonds is 2. The monoisotopic (exact) mass is 250 g/mol. The first-order valence-electron chi connectivity index (χ1n) is 6.05. The fraction of sp³-hybridized carbons (Fsp3) is 0.0588. The first-order chi connectivity index (χ1) is 8.83. The van der Waals surface area contributed by atoms with Crippen LogP contribution in [0.5, 0.6) is 0 Å². The van der Waals surface area contributed by atoms with Crippen molar-refractivity contribution in [3.05, 3.63) is 72.3 Å². The van der Waals surface area contributed by atoms with E-state index in [1.54, 1.807) is 0 Å². The van der Waals surface area contributed by atoms with Gasteiger partial charge in [0.15, 0.2) is 0 Å². The molecule has 1 heteroatoms. The highest BCUT2D eigenvalue weighted by molar-refractivity contribution is 7.99. The standard InChI is InChI=1S/C17H14S/c1-13-9-11-15(12-10-13)18-17-8-4-6-14-5-2-3-7-16(14)17/h2-12H,1H3. The first-order valence-corrected chi connectivity index (χ1v) is 6.87. The highest BCUT2D eigenvalue weighted by Crippen LogP contribution is 2.33. The molecule has 0 nitrogen and oxygen atoms in total. The van der Waals surface area contributed by atoms with Crippen LogP contribution in [-0.2, 0) is 0 Å². The van der Waals surface area contributed by atoms with Crippen LogP contribution in [0.15, 0.2) is 76.5 Å². The smallest absolute Gasteiger partial charge is 0.0200 e. The summed E-state index contributed by atoms with van der Waals surface area (Å²) in [6, 6.07) is 23.7. The van der Waals surface area contributed by atoms with Crippen molar-refractivity contribution in [3.8, 4) is 0 Å². The molecule has 0 aromatic heterocycles. The fourth-order valence-electron chi connectivity index (χ4n) is 2.02. The highest BCUT2D eigenvalue weighted by Gasteiger charge is 2.02. The van der Waals surface area contributed by atoms with Gasteiger partial charge in [0.1, 0.15) is 0 Å². The van der Waals surface area contributed by atoms with E-state index in [2.05, 4.69) is 73.7 Å². The third kappa shape index (κ3) is 2.27. The van der Waals surface area contributed by atoms with Crippen molar-refractivity contribution < 1.29 is 0 Å². The van der Waals surface area contributed by atoms with E-state index >= 15 is 0 Å². The van der Waals surface area contributed by atoms with Gasteiger partial charge in [-0.3, -0.25) is 0 Å². The van der Waals surface area contributed by atoms with Crippen molar-refractivity contribution in [2.75, 3.05) is 0 Å². The molecule has 3 rings (SSSR count). The van der Waals surface area contributed by atoms with Gasteiger partial charge in [0.05, 0.1) is 0 Å². The average Bonchev–Trinajstić information content (AvgIpc) is 2.42. The largest absolute Gasteiger partial charge is 0.0895 e. The zero-order chi connectivity index (χ0) is 12.4. The molecule has 0 saturated heterocycles. The number of fused-ring (bicyclic) bond motifs is 1. The number of aryl methyl sites for hydroxylation is 1. The summed E-state index contributed by atoms with van der Waals surface area (Å²) in [6.45, 7) is 2.12. The molecule has 0 saturated carbocycles. The van der Waals surface area contributed by atoms with E-state index in [0.717, 1.165) is 0 Å². The van der Waals surface area contributed by atoms with E-state index in [1.165, 1.54) is 26.1 Å². The Kier molecular flexibility index (Phi) is 3.07. The summed E-state index contributed by atoms with van der Waals surface area (Å²) in [5.41, 5.74) is 1.30. The molecule has 0 aliphatic rings. The van der Waals surface area contributed by atoms with E-state index in [4.69, 9.17) is 0 Å². The van der Waals surface area contributed by atoms with Gasteiger partial charge < -0.3 is 0 Å². The zero-order valence-electron chi connectivity index (χ0n) is 10.3. The van der Waals surface area contributed by atoms with Crippen LogP contribution in [0.3, 0.4) is 0 Å². The maximum Gasteiger partial charge on any atom is 0.0200 e. The molecule has 0 heterocycles. The maximum absolute atomic E-state index is 2.19. The molecule has 18 heavy (non-hydrogen) atoms. The fourth-order valence-corrected chi connectivity index (χ4v) is 2.99. The van der Waals surface area contributed by atoms with Crippen LogP contribution in [0, 0.1) is 6.92 Å². The van der Waals surface area contributed by atoms with Crippen molar-refractivity contribution in [1.82, 2.24) is 0 Å². The molecule has 3 aromatic rings. The molecule has 0 aliphatic heterocycles. The molecule has 0 fully saturated rings. The quantitative estimate of drug-likeness (QED) is 0.594. The van der Waals surface area contributed by atoms with Crippen LogP contribution in [0.4, 0.5) is 0 Å². The van der Waals surface area contributed by atoms with Crippen molar-refractivity contribution in [2.45, 2.75) is 16.7 Å². The minimum Gasteiger partial charge on any atom is -0.0895 e. The lowest BCUT2D eigenvalue weighted by atomic mass is 10.1. The predicted octanol–water partition coefficient (Wildman–Crippen LogP) is 5.30. The summed E-state index contributed by atoms with van der Waals surface area (Å²) in [5, 5.41) is 2.63. The Morgan fingerprint density at radius 1 is 0.722 bits per heavy atom. The molecule has 0 unspecified atom stereocenters. The second-order valence-electron chi connectivity index (χ2n) is 4.39. The molecule has 0 spiro atoms. The second-order valence-corrected chi connectivity index (χ2v) is 5.51. The Hall–Kier alpha value is -1.73.